The summed E-state index contributed by atoms with van der Waals surface area (Å²) in [6.45, 7) is 1.62. The maximum Gasteiger partial charge on any atom is 0.310 e. The Balaban J connectivity index is 1.59. The fraction of sp³-hybridized carbons (Fsp3) is 0.423. The number of anilines is 1. The van der Waals surface area contributed by atoms with Gasteiger partial charge in [-0.1, -0.05) is 54.1 Å². The van der Waals surface area contributed by atoms with Crippen molar-refractivity contribution < 1.29 is 24.2 Å². The predicted molar refractivity (Wildman–Crippen MR) is 134 cm³/mol. The molecule has 184 valence electrons. The first-order valence-corrected chi connectivity index (χ1v) is 13.1. The zero-order valence-corrected chi connectivity index (χ0v) is 20.8. The SMILES string of the molecule is CCOC(=O)[C@@H]1[C@H]2C(=O)N([C@H](CO)c3ccccc3)C(C(=O)Nc3ccccc3Cl)C23CC[C@H]1S3. The second kappa shape index (κ2) is 9.48. The van der Waals surface area contributed by atoms with Crippen LogP contribution in [0.1, 0.15) is 31.4 Å². The lowest BCUT2D eigenvalue weighted by atomic mass is 9.71. The van der Waals surface area contributed by atoms with Crippen LogP contribution in [0.15, 0.2) is 54.6 Å². The number of esters is 1. The number of para-hydroxylation sites is 1. The van der Waals surface area contributed by atoms with E-state index in [4.69, 9.17) is 16.3 Å². The lowest BCUT2D eigenvalue weighted by Gasteiger charge is -2.37. The Kier molecular flexibility index (Phi) is 6.55. The molecular formula is C26H27ClN2O5S. The summed E-state index contributed by atoms with van der Waals surface area (Å²) in [7, 11) is 0. The quantitative estimate of drug-likeness (QED) is 0.547. The van der Waals surface area contributed by atoms with Crippen LogP contribution < -0.4 is 5.32 Å². The summed E-state index contributed by atoms with van der Waals surface area (Å²) in [5.74, 6) is -2.36. The molecule has 3 aliphatic rings. The minimum absolute atomic E-state index is 0.0786. The number of hydrogen-bond donors (Lipinski definition) is 2. The van der Waals surface area contributed by atoms with Gasteiger partial charge < -0.3 is 20.1 Å². The number of rotatable bonds is 7. The molecule has 9 heteroatoms. The first kappa shape index (κ1) is 24.2. The molecule has 2 aromatic rings. The average molecular weight is 515 g/mol. The van der Waals surface area contributed by atoms with Crippen LogP contribution in [-0.2, 0) is 19.1 Å². The molecule has 3 saturated heterocycles. The summed E-state index contributed by atoms with van der Waals surface area (Å²) in [4.78, 5) is 42.5. The first-order valence-electron chi connectivity index (χ1n) is 11.8. The number of fused-ring (bicyclic) bond motifs is 1. The predicted octanol–water partition coefficient (Wildman–Crippen LogP) is 3.67. The molecule has 1 spiro atoms. The third-order valence-electron chi connectivity index (χ3n) is 7.37. The van der Waals surface area contributed by atoms with Gasteiger partial charge in [0.25, 0.3) is 0 Å². The standard InChI is InChI=1S/C26H27ClN2O5S/c1-2-34-25(33)20-19-12-13-26(35-19)21(20)24(32)29(18(14-30)15-8-4-3-5-9-15)22(26)23(31)28-17-11-7-6-10-16(17)27/h3-11,18-22,30H,2,12-14H2,1H3,(H,28,31)/t18-,19-,20+,21+,22?,26?/m1/s1. The Bertz CT molecular complexity index is 1150. The number of aliphatic hydroxyl groups excluding tert-OH is 1. The summed E-state index contributed by atoms with van der Waals surface area (Å²) in [6, 6.07) is 14.5. The number of hydrogen-bond acceptors (Lipinski definition) is 6. The van der Waals surface area contributed by atoms with Crippen molar-refractivity contribution in [3.05, 3.63) is 65.2 Å². The van der Waals surface area contributed by atoms with E-state index in [0.29, 0.717) is 17.1 Å². The van der Waals surface area contributed by atoms with Gasteiger partial charge in [-0.3, -0.25) is 14.4 Å². The number of carbonyl (C=O) groups is 3. The number of thioether (sulfide) groups is 1. The molecule has 2 N–H and O–H groups in total. The van der Waals surface area contributed by atoms with Crippen LogP contribution in [0.2, 0.25) is 5.02 Å². The zero-order valence-electron chi connectivity index (χ0n) is 19.2. The van der Waals surface area contributed by atoms with E-state index >= 15 is 0 Å². The highest BCUT2D eigenvalue weighted by Crippen LogP contribution is 2.67. The molecule has 3 fully saturated rings. The van der Waals surface area contributed by atoms with E-state index in [1.165, 1.54) is 4.90 Å². The van der Waals surface area contributed by atoms with Crippen LogP contribution in [-0.4, -0.2) is 57.0 Å². The Morgan fingerprint density at radius 2 is 1.94 bits per heavy atom. The molecule has 2 amide bonds. The number of nitrogens with zero attached hydrogens (tertiary/aromatic N) is 1. The molecule has 7 nitrogen and oxygen atoms in total. The Hall–Kier alpha value is -2.55. The largest absolute Gasteiger partial charge is 0.466 e. The minimum Gasteiger partial charge on any atom is -0.466 e. The van der Waals surface area contributed by atoms with Crippen LogP contribution in [0.4, 0.5) is 5.69 Å². The van der Waals surface area contributed by atoms with E-state index in [1.54, 1.807) is 43.0 Å². The Morgan fingerprint density at radius 1 is 1.23 bits per heavy atom. The number of amides is 2. The van der Waals surface area contributed by atoms with Gasteiger partial charge in [-0.15, -0.1) is 11.8 Å². The van der Waals surface area contributed by atoms with Gasteiger partial charge in [0.15, 0.2) is 0 Å². The fourth-order valence-electron chi connectivity index (χ4n) is 6.03. The number of halogens is 1. The van der Waals surface area contributed by atoms with Crippen LogP contribution >= 0.6 is 23.4 Å². The molecule has 0 aliphatic carbocycles. The maximum atomic E-state index is 14.1. The van der Waals surface area contributed by atoms with Crippen molar-refractivity contribution in [3.63, 3.8) is 0 Å². The minimum atomic E-state index is -0.886. The van der Waals surface area contributed by atoms with Crippen molar-refractivity contribution in [3.8, 4) is 0 Å². The van der Waals surface area contributed by atoms with Gasteiger partial charge in [0.2, 0.25) is 11.8 Å². The number of ether oxygens (including phenoxy) is 1. The summed E-state index contributed by atoms with van der Waals surface area (Å²) in [5.41, 5.74) is 1.17. The molecule has 3 heterocycles. The molecule has 0 aromatic heterocycles. The molecule has 0 radical (unpaired) electrons. The van der Waals surface area contributed by atoms with Crippen LogP contribution in [0, 0.1) is 11.8 Å². The molecule has 6 atom stereocenters. The normalized spacial score (nSPS) is 29.7. The van der Waals surface area contributed by atoms with Gasteiger partial charge in [-0.2, -0.15) is 0 Å². The molecule has 2 unspecified atom stereocenters. The van der Waals surface area contributed by atoms with Crippen LogP contribution in [0.3, 0.4) is 0 Å². The Labute approximate surface area is 213 Å². The van der Waals surface area contributed by atoms with Crippen molar-refractivity contribution in [2.24, 2.45) is 11.8 Å². The van der Waals surface area contributed by atoms with Gasteiger partial charge >= 0.3 is 5.97 Å². The second-order valence-electron chi connectivity index (χ2n) is 9.13. The van der Waals surface area contributed by atoms with E-state index in [1.807, 2.05) is 30.3 Å². The van der Waals surface area contributed by atoms with E-state index in [0.717, 1.165) is 12.0 Å². The average Bonchev–Trinajstić information content (AvgIpc) is 3.50. The van der Waals surface area contributed by atoms with Gasteiger partial charge in [0.1, 0.15) is 6.04 Å². The van der Waals surface area contributed by atoms with Gasteiger partial charge in [-0.05, 0) is 37.5 Å². The summed E-state index contributed by atoms with van der Waals surface area (Å²) < 4.78 is 4.57. The van der Waals surface area contributed by atoms with Gasteiger partial charge in [-0.25, -0.2) is 0 Å². The molecule has 2 bridgehead atoms. The fourth-order valence-corrected chi connectivity index (χ4v) is 8.40. The van der Waals surface area contributed by atoms with Crippen molar-refractivity contribution in [1.29, 1.82) is 0 Å². The van der Waals surface area contributed by atoms with Crippen molar-refractivity contribution in [2.45, 2.75) is 41.8 Å². The molecule has 2 aromatic carbocycles. The molecular weight excluding hydrogens is 488 g/mol. The van der Waals surface area contributed by atoms with E-state index in [9.17, 15) is 19.5 Å². The molecule has 3 aliphatic heterocycles. The third-order valence-corrected chi connectivity index (χ3v) is 9.65. The lowest BCUT2D eigenvalue weighted by Crippen LogP contribution is -2.52. The van der Waals surface area contributed by atoms with Crippen molar-refractivity contribution >= 4 is 46.8 Å². The highest BCUT2D eigenvalue weighted by atomic mass is 35.5. The number of carbonyl (C=O) groups excluding carboxylic acids is 3. The van der Waals surface area contributed by atoms with Crippen LogP contribution in [0.25, 0.3) is 0 Å². The maximum absolute atomic E-state index is 14.1. The van der Waals surface area contributed by atoms with Gasteiger partial charge in [0.05, 0.1) is 46.5 Å². The van der Waals surface area contributed by atoms with E-state index in [-0.39, 0.29) is 30.3 Å². The monoisotopic (exact) mass is 514 g/mol. The first-order chi connectivity index (χ1) is 16.9. The van der Waals surface area contributed by atoms with E-state index in [2.05, 4.69) is 5.32 Å². The molecule has 35 heavy (non-hydrogen) atoms. The van der Waals surface area contributed by atoms with E-state index < -0.39 is 34.6 Å². The second-order valence-corrected chi connectivity index (χ2v) is 11.1. The number of nitrogens with one attached hydrogen (secondary N) is 1. The number of aliphatic hydroxyl groups is 1. The van der Waals surface area contributed by atoms with Gasteiger partial charge in [0, 0.05) is 5.25 Å². The molecule has 5 rings (SSSR count). The topological polar surface area (TPSA) is 95.9 Å². The van der Waals surface area contributed by atoms with Crippen molar-refractivity contribution in [1.82, 2.24) is 4.90 Å². The highest BCUT2D eigenvalue weighted by molar-refractivity contribution is 8.02. The smallest absolute Gasteiger partial charge is 0.310 e. The third kappa shape index (κ3) is 3.82. The summed E-state index contributed by atoms with van der Waals surface area (Å²) in [6.07, 6.45) is 1.34. The Morgan fingerprint density at radius 3 is 2.63 bits per heavy atom. The lowest BCUT2D eigenvalue weighted by molar-refractivity contribution is -0.154. The summed E-state index contributed by atoms with van der Waals surface area (Å²) >= 11 is 7.87. The van der Waals surface area contributed by atoms with Crippen molar-refractivity contribution in [2.75, 3.05) is 18.5 Å². The zero-order chi connectivity index (χ0) is 24.7. The molecule has 0 saturated carbocycles. The van der Waals surface area contributed by atoms with Crippen LogP contribution in [0.5, 0.6) is 0 Å². The number of benzene rings is 2. The number of likely N-dealkylation sites (tertiary alicyclic amines) is 1. The highest BCUT2D eigenvalue weighted by Gasteiger charge is 2.74. The summed E-state index contributed by atoms with van der Waals surface area (Å²) in [5, 5.41) is 13.7.